The fourth-order valence-electron chi connectivity index (χ4n) is 1.97. The van der Waals surface area contributed by atoms with Crippen LogP contribution in [0.2, 0.25) is 0 Å². The number of nitrogens with one attached hydrogen (secondary N) is 1. The molecule has 1 aliphatic carbocycles. The molecule has 0 saturated heterocycles. The summed E-state index contributed by atoms with van der Waals surface area (Å²) in [5.41, 5.74) is 0.452. The van der Waals surface area contributed by atoms with Crippen LogP contribution >= 0.6 is 0 Å². The lowest BCUT2D eigenvalue weighted by Crippen LogP contribution is -2.43. The number of ether oxygens (including phenoxy) is 1. The van der Waals surface area contributed by atoms with Gasteiger partial charge < -0.3 is 10.1 Å². The van der Waals surface area contributed by atoms with Gasteiger partial charge in [-0.3, -0.25) is 4.79 Å². The normalized spacial score (nSPS) is 23.5. The van der Waals surface area contributed by atoms with Crippen LogP contribution in [0.15, 0.2) is 0 Å². The summed E-state index contributed by atoms with van der Waals surface area (Å²) in [6.07, 6.45) is 4.24. The van der Waals surface area contributed by atoms with E-state index in [-0.39, 0.29) is 12.0 Å². The van der Waals surface area contributed by atoms with Crippen molar-refractivity contribution in [3.63, 3.8) is 0 Å². The molecule has 1 aliphatic rings. The van der Waals surface area contributed by atoms with Crippen LogP contribution in [0.5, 0.6) is 0 Å². The molecule has 0 aliphatic heterocycles. The molecule has 1 fully saturated rings. The van der Waals surface area contributed by atoms with Crippen molar-refractivity contribution in [2.24, 2.45) is 5.41 Å². The Kier molecular flexibility index (Phi) is 4.14. The highest BCUT2D eigenvalue weighted by Gasteiger charge is 2.28. The van der Waals surface area contributed by atoms with Crippen LogP contribution in [-0.2, 0) is 9.53 Å². The zero-order valence-corrected chi connectivity index (χ0v) is 10.3. The van der Waals surface area contributed by atoms with Gasteiger partial charge in [0, 0.05) is 13.2 Å². The number of carbonyl (C=O) groups is 1. The Balaban J connectivity index is 2.33. The minimum Gasteiger partial charge on any atom is -0.372 e. The van der Waals surface area contributed by atoms with Crippen LogP contribution < -0.4 is 5.32 Å². The van der Waals surface area contributed by atoms with E-state index in [0.717, 1.165) is 12.8 Å². The Hall–Kier alpha value is -0.570. The van der Waals surface area contributed by atoms with E-state index in [1.807, 2.05) is 0 Å². The van der Waals surface area contributed by atoms with Crippen LogP contribution in [0.25, 0.3) is 0 Å². The molecule has 0 aromatic carbocycles. The SMILES string of the molecule is COC(C)C(=O)NC1CCC(C)(C)CC1. The molecule has 1 atom stereocenters. The molecule has 1 rings (SSSR count). The van der Waals surface area contributed by atoms with Crippen LogP contribution in [0.1, 0.15) is 46.5 Å². The van der Waals surface area contributed by atoms with Crippen molar-refractivity contribution in [3.8, 4) is 0 Å². The van der Waals surface area contributed by atoms with E-state index in [0.29, 0.717) is 11.5 Å². The molecular weight excluding hydrogens is 190 g/mol. The third kappa shape index (κ3) is 3.82. The number of methoxy groups -OCH3 is 1. The second-order valence-electron chi connectivity index (χ2n) is 5.33. The maximum Gasteiger partial charge on any atom is 0.249 e. The van der Waals surface area contributed by atoms with Gasteiger partial charge in [0.05, 0.1) is 0 Å². The third-order valence-corrected chi connectivity index (χ3v) is 3.41. The first-order valence-electron chi connectivity index (χ1n) is 5.78. The molecule has 0 aromatic heterocycles. The first-order chi connectivity index (χ1) is 6.94. The summed E-state index contributed by atoms with van der Waals surface area (Å²) < 4.78 is 4.98. The highest BCUT2D eigenvalue weighted by Crippen LogP contribution is 2.34. The van der Waals surface area contributed by atoms with Crippen molar-refractivity contribution >= 4 is 5.91 Å². The van der Waals surface area contributed by atoms with E-state index in [1.165, 1.54) is 12.8 Å². The summed E-state index contributed by atoms with van der Waals surface area (Å²) in [5, 5.41) is 3.04. The lowest BCUT2D eigenvalue weighted by Gasteiger charge is -2.34. The van der Waals surface area contributed by atoms with Crippen molar-refractivity contribution in [2.75, 3.05) is 7.11 Å². The predicted molar refractivity (Wildman–Crippen MR) is 60.7 cm³/mol. The lowest BCUT2D eigenvalue weighted by molar-refractivity contribution is -0.131. The van der Waals surface area contributed by atoms with Gasteiger partial charge in [0.25, 0.3) is 0 Å². The summed E-state index contributed by atoms with van der Waals surface area (Å²) in [7, 11) is 1.56. The summed E-state index contributed by atoms with van der Waals surface area (Å²) in [4.78, 5) is 11.6. The van der Waals surface area contributed by atoms with Crippen molar-refractivity contribution < 1.29 is 9.53 Å². The molecule has 0 bridgehead atoms. The number of amides is 1. The Morgan fingerprint density at radius 1 is 1.40 bits per heavy atom. The summed E-state index contributed by atoms with van der Waals surface area (Å²) in [5.74, 6) is 0.0159. The van der Waals surface area contributed by atoms with E-state index in [2.05, 4.69) is 19.2 Å². The second kappa shape index (κ2) is 4.97. The van der Waals surface area contributed by atoms with E-state index < -0.39 is 0 Å². The summed E-state index contributed by atoms with van der Waals surface area (Å²) in [6.45, 7) is 6.37. The fraction of sp³-hybridized carbons (Fsp3) is 0.917. The van der Waals surface area contributed by atoms with Gasteiger partial charge in [-0.25, -0.2) is 0 Å². The van der Waals surface area contributed by atoms with Crippen molar-refractivity contribution in [1.82, 2.24) is 5.32 Å². The number of rotatable bonds is 3. The molecule has 1 N–H and O–H groups in total. The molecular formula is C12H23NO2. The highest BCUT2D eigenvalue weighted by molar-refractivity contribution is 5.80. The summed E-state index contributed by atoms with van der Waals surface area (Å²) in [6, 6.07) is 0.350. The number of carbonyl (C=O) groups excluding carboxylic acids is 1. The lowest BCUT2D eigenvalue weighted by atomic mass is 9.75. The quantitative estimate of drug-likeness (QED) is 0.779. The van der Waals surface area contributed by atoms with Gasteiger partial charge in [-0.2, -0.15) is 0 Å². The van der Waals surface area contributed by atoms with Gasteiger partial charge in [0.15, 0.2) is 0 Å². The van der Waals surface area contributed by atoms with Gasteiger partial charge in [-0.1, -0.05) is 13.8 Å². The molecule has 0 radical (unpaired) electrons. The molecule has 0 heterocycles. The zero-order chi connectivity index (χ0) is 11.5. The number of hydrogen-bond acceptors (Lipinski definition) is 2. The van der Waals surface area contributed by atoms with Gasteiger partial charge in [0.1, 0.15) is 6.10 Å². The van der Waals surface area contributed by atoms with Crippen LogP contribution in [0, 0.1) is 5.41 Å². The Morgan fingerprint density at radius 3 is 2.40 bits per heavy atom. The smallest absolute Gasteiger partial charge is 0.249 e. The molecule has 3 nitrogen and oxygen atoms in total. The maximum atomic E-state index is 11.6. The first kappa shape index (κ1) is 12.5. The van der Waals surface area contributed by atoms with Gasteiger partial charge >= 0.3 is 0 Å². The van der Waals surface area contributed by atoms with E-state index in [1.54, 1.807) is 14.0 Å². The Morgan fingerprint density at radius 2 is 1.93 bits per heavy atom. The van der Waals surface area contributed by atoms with Crippen LogP contribution in [0.4, 0.5) is 0 Å². The molecule has 3 heteroatoms. The number of hydrogen-bond donors (Lipinski definition) is 1. The standard InChI is InChI=1S/C12H23NO2/c1-9(15-4)11(14)13-10-5-7-12(2,3)8-6-10/h9-10H,5-8H2,1-4H3,(H,13,14). The third-order valence-electron chi connectivity index (χ3n) is 3.41. The molecule has 0 spiro atoms. The first-order valence-corrected chi connectivity index (χ1v) is 5.78. The topological polar surface area (TPSA) is 38.3 Å². The van der Waals surface area contributed by atoms with E-state index >= 15 is 0 Å². The molecule has 15 heavy (non-hydrogen) atoms. The minimum absolute atomic E-state index is 0.0159. The second-order valence-corrected chi connectivity index (χ2v) is 5.33. The Bertz CT molecular complexity index is 216. The van der Waals surface area contributed by atoms with Gasteiger partial charge in [-0.05, 0) is 38.0 Å². The van der Waals surface area contributed by atoms with Crippen molar-refractivity contribution in [3.05, 3.63) is 0 Å². The Labute approximate surface area is 92.6 Å². The maximum absolute atomic E-state index is 11.6. The fourth-order valence-corrected chi connectivity index (χ4v) is 1.97. The monoisotopic (exact) mass is 213 g/mol. The van der Waals surface area contributed by atoms with Crippen molar-refractivity contribution in [2.45, 2.75) is 58.6 Å². The molecule has 88 valence electrons. The largest absolute Gasteiger partial charge is 0.372 e. The predicted octanol–water partition coefficient (Wildman–Crippen LogP) is 2.11. The highest BCUT2D eigenvalue weighted by atomic mass is 16.5. The molecule has 1 saturated carbocycles. The van der Waals surface area contributed by atoms with E-state index in [4.69, 9.17) is 4.74 Å². The van der Waals surface area contributed by atoms with Crippen LogP contribution in [0.3, 0.4) is 0 Å². The average molecular weight is 213 g/mol. The average Bonchev–Trinajstić information content (AvgIpc) is 2.20. The van der Waals surface area contributed by atoms with Gasteiger partial charge in [0.2, 0.25) is 5.91 Å². The molecule has 1 amide bonds. The van der Waals surface area contributed by atoms with E-state index in [9.17, 15) is 4.79 Å². The van der Waals surface area contributed by atoms with Crippen molar-refractivity contribution in [1.29, 1.82) is 0 Å². The molecule has 0 aromatic rings. The minimum atomic E-state index is -0.333. The zero-order valence-electron chi connectivity index (χ0n) is 10.3. The molecule has 1 unspecified atom stereocenters. The van der Waals surface area contributed by atoms with Gasteiger partial charge in [-0.15, -0.1) is 0 Å². The van der Waals surface area contributed by atoms with Crippen LogP contribution in [-0.4, -0.2) is 25.2 Å². The summed E-state index contributed by atoms with van der Waals surface area (Å²) >= 11 is 0.